The van der Waals surface area contributed by atoms with E-state index in [2.05, 4.69) is 15.6 Å². The van der Waals surface area contributed by atoms with Crippen LogP contribution in [-0.4, -0.2) is 48.7 Å². The summed E-state index contributed by atoms with van der Waals surface area (Å²) < 4.78 is 40.2. The maximum atomic E-state index is 13.2. The monoisotopic (exact) mass is 482 g/mol. The molecule has 0 unspecified atom stereocenters. The zero-order valence-electron chi connectivity index (χ0n) is 18.2. The smallest absolute Gasteiger partial charge is 0.248 e. The summed E-state index contributed by atoms with van der Waals surface area (Å²) in [6.07, 6.45) is 1.02. The lowest BCUT2D eigenvalue weighted by atomic mass is 9.96. The molecule has 2 N–H and O–H groups in total. The summed E-state index contributed by atoms with van der Waals surface area (Å²) in [7, 11) is -3.84. The largest absolute Gasteiger partial charge is 0.344 e. The number of piperidine rings is 1. The van der Waals surface area contributed by atoms with E-state index in [0.29, 0.717) is 18.0 Å². The van der Waals surface area contributed by atoms with Gasteiger partial charge in [-0.25, -0.2) is 17.8 Å². The van der Waals surface area contributed by atoms with Crippen molar-refractivity contribution >= 4 is 38.3 Å². The lowest BCUT2D eigenvalue weighted by molar-refractivity contribution is -0.130. The number of nitrogens with zero attached hydrogens (tertiary/aromatic N) is 2. The maximum absolute atomic E-state index is 13.2. The summed E-state index contributed by atoms with van der Waals surface area (Å²) >= 11 is 1.30. The number of hydrogen-bond acceptors (Lipinski definition) is 6. The second-order valence-corrected chi connectivity index (χ2v) is 11.0. The molecule has 1 fully saturated rings. The number of aromatic nitrogens is 1. The summed E-state index contributed by atoms with van der Waals surface area (Å²) in [6, 6.07) is 3.84. The van der Waals surface area contributed by atoms with E-state index < -0.39 is 27.8 Å². The number of sulfonamides is 1. The van der Waals surface area contributed by atoms with Gasteiger partial charge < -0.3 is 10.6 Å². The molecular formula is C21H27FN4O4S2. The molecule has 0 bridgehead atoms. The second kappa shape index (κ2) is 10.1. The molecule has 11 heteroatoms. The van der Waals surface area contributed by atoms with Gasteiger partial charge in [0.15, 0.2) is 5.13 Å². The highest BCUT2D eigenvalue weighted by Crippen LogP contribution is 2.24. The molecule has 2 aromatic rings. The van der Waals surface area contributed by atoms with E-state index >= 15 is 0 Å². The Morgan fingerprint density at radius 3 is 2.53 bits per heavy atom. The van der Waals surface area contributed by atoms with E-state index in [1.807, 2.05) is 26.2 Å². The van der Waals surface area contributed by atoms with Gasteiger partial charge in [0.2, 0.25) is 21.8 Å². The van der Waals surface area contributed by atoms with Crippen molar-refractivity contribution < 1.29 is 22.4 Å². The Hall–Kier alpha value is -2.37. The van der Waals surface area contributed by atoms with Crippen molar-refractivity contribution in [1.82, 2.24) is 14.6 Å². The van der Waals surface area contributed by atoms with E-state index in [4.69, 9.17) is 0 Å². The minimum atomic E-state index is -3.84. The van der Waals surface area contributed by atoms with Gasteiger partial charge in [-0.2, -0.15) is 4.31 Å². The van der Waals surface area contributed by atoms with E-state index in [9.17, 15) is 22.4 Å². The number of hydrogen-bond donors (Lipinski definition) is 2. The minimum absolute atomic E-state index is 0.00362. The maximum Gasteiger partial charge on any atom is 0.248 e. The molecule has 1 aromatic heterocycles. The topological polar surface area (TPSA) is 108 Å². The van der Waals surface area contributed by atoms with Crippen LogP contribution in [0.25, 0.3) is 0 Å². The number of carbonyl (C=O) groups is 2. The van der Waals surface area contributed by atoms with Crippen molar-refractivity contribution in [2.75, 3.05) is 18.4 Å². The first-order valence-electron chi connectivity index (χ1n) is 10.4. The Labute approximate surface area is 191 Å². The van der Waals surface area contributed by atoms with Crippen LogP contribution in [-0.2, 0) is 19.6 Å². The number of aryl methyl sites for hydroxylation is 1. The minimum Gasteiger partial charge on any atom is -0.344 e. The number of amides is 2. The molecular weight excluding hydrogens is 455 g/mol. The Balaban J connectivity index is 1.67. The number of halogens is 1. The van der Waals surface area contributed by atoms with Crippen LogP contribution in [0, 0.1) is 24.6 Å². The van der Waals surface area contributed by atoms with Gasteiger partial charge in [-0.1, -0.05) is 13.8 Å². The molecule has 2 amide bonds. The zero-order valence-corrected chi connectivity index (χ0v) is 19.8. The Morgan fingerprint density at radius 2 is 1.94 bits per heavy atom. The van der Waals surface area contributed by atoms with E-state index in [-0.39, 0.29) is 35.7 Å². The third kappa shape index (κ3) is 5.70. The van der Waals surface area contributed by atoms with Gasteiger partial charge in [-0.3, -0.25) is 9.59 Å². The fourth-order valence-corrected chi connectivity index (χ4v) is 5.75. The van der Waals surface area contributed by atoms with Crippen molar-refractivity contribution in [1.29, 1.82) is 0 Å². The molecule has 1 saturated heterocycles. The van der Waals surface area contributed by atoms with Crippen LogP contribution in [0.1, 0.15) is 32.4 Å². The molecule has 2 heterocycles. The number of carbonyl (C=O) groups excluding carboxylic acids is 2. The average molecular weight is 483 g/mol. The summed E-state index contributed by atoms with van der Waals surface area (Å²) in [5.74, 6) is -2.02. The highest BCUT2D eigenvalue weighted by Gasteiger charge is 2.35. The summed E-state index contributed by atoms with van der Waals surface area (Å²) in [5.41, 5.74) is 0.792. The Kier molecular flexibility index (Phi) is 7.63. The van der Waals surface area contributed by atoms with Crippen molar-refractivity contribution in [2.45, 2.75) is 44.6 Å². The fourth-order valence-electron chi connectivity index (χ4n) is 3.53. The van der Waals surface area contributed by atoms with Crippen LogP contribution >= 0.6 is 11.3 Å². The molecule has 174 valence electrons. The van der Waals surface area contributed by atoms with Crippen LogP contribution in [0.15, 0.2) is 34.5 Å². The first kappa shape index (κ1) is 24.3. The fraction of sp³-hybridized carbons (Fsp3) is 0.476. The van der Waals surface area contributed by atoms with Gasteiger partial charge in [0.1, 0.15) is 11.9 Å². The standard InChI is InChI=1S/C21H27FN4O4S2/c1-13(2)18(20(28)25-21-23-14(3)12-31-21)24-19(27)15-5-4-10-26(11-15)32(29,30)17-8-6-16(22)7-9-17/h6-9,12-13,15,18H,4-5,10-11H2,1-3H3,(H,24,27)(H,23,25,28)/t15-,18+/m1/s1. The molecule has 1 aliphatic rings. The predicted molar refractivity (Wildman–Crippen MR) is 120 cm³/mol. The number of thiazole rings is 1. The van der Waals surface area contributed by atoms with Gasteiger partial charge in [-0.15, -0.1) is 11.3 Å². The summed E-state index contributed by atoms with van der Waals surface area (Å²) in [6.45, 7) is 5.75. The van der Waals surface area contributed by atoms with Crippen molar-refractivity contribution in [3.63, 3.8) is 0 Å². The molecule has 0 radical (unpaired) electrons. The van der Waals surface area contributed by atoms with Gasteiger partial charge in [0, 0.05) is 18.5 Å². The number of benzene rings is 1. The quantitative estimate of drug-likeness (QED) is 0.631. The summed E-state index contributed by atoms with van der Waals surface area (Å²) in [5, 5.41) is 7.79. The van der Waals surface area contributed by atoms with E-state index in [1.165, 1.54) is 27.8 Å². The third-order valence-corrected chi connectivity index (χ3v) is 8.06. The molecule has 32 heavy (non-hydrogen) atoms. The van der Waals surface area contributed by atoms with E-state index in [1.54, 1.807) is 0 Å². The zero-order chi connectivity index (χ0) is 23.5. The SMILES string of the molecule is Cc1csc(NC(=O)[C@@H](NC(=O)[C@@H]2CCCN(S(=O)(=O)c3ccc(F)cc3)C2)C(C)C)n1. The average Bonchev–Trinajstić information content (AvgIpc) is 3.16. The van der Waals surface area contributed by atoms with Gasteiger partial charge >= 0.3 is 0 Å². The third-order valence-electron chi connectivity index (χ3n) is 5.30. The Bertz CT molecular complexity index is 1070. The lowest BCUT2D eigenvalue weighted by Gasteiger charge is -2.32. The first-order valence-corrected chi connectivity index (χ1v) is 12.7. The van der Waals surface area contributed by atoms with Crippen molar-refractivity contribution in [3.8, 4) is 0 Å². The first-order chi connectivity index (χ1) is 15.1. The van der Waals surface area contributed by atoms with Crippen molar-refractivity contribution in [3.05, 3.63) is 41.2 Å². The molecule has 8 nitrogen and oxygen atoms in total. The van der Waals surface area contributed by atoms with Crippen LogP contribution in [0.5, 0.6) is 0 Å². The van der Waals surface area contributed by atoms with Gasteiger partial charge in [0.25, 0.3) is 0 Å². The summed E-state index contributed by atoms with van der Waals surface area (Å²) in [4.78, 5) is 29.9. The Morgan fingerprint density at radius 1 is 1.25 bits per heavy atom. The van der Waals surface area contributed by atoms with Crippen LogP contribution in [0.4, 0.5) is 9.52 Å². The lowest BCUT2D eigenvalue weighted by Crippen LogP contribution is -2.52. The van der Waals surface area contributed by atoms with Crippen LogP contribution in [0.3, 0.4) is 0 Å². The highest BCUT2D eigenvalue weighted by molar-refractivity contribution is 7.89. The number of anilines is 1. The molecule has 0 saturated carbocycles. The molecule has 3 rings (SSSR count). The highest BCUT2D eigenvalue weighted by atomic mass is 32.2. The predicted octanol–water partition coefficient (Wildman–Crippen LogP) is 2.77. The van der Waals surface area contributed by atoms with E-state index in [0.717, 1.165) is 17.8 Å². The molecule has 1 aliphatic heterocycles. The second-order valence-electron chi connectivity index (χ2n) is 8.17. The number of rotatable bonds is 7. The van der Waals surface area contributed by atoms with Crippen molar-refractivity contribution in [2.24, 2.45) is 11.8 Å². The molecule has 0 spiro atoms. The van der Waals surface area contributed by atoms with Gasteiger partial charge in [-0.05, 0) is 49.9 Å². The van der Waals surface area contributed by atoms with Crippen LogP contribution in [0.2, 0.25) is 0 Å². The van der Waals surface area contributed by atoms with Gasteiger partial charge in [0.05, 0.1) is 16.5 Å². The van der Waals surface area contributed by atoms with Crippen LogP contribution < -0.4 is 10.6 Å². The normalized spacial score (nSPS) is 18.3. The number of nitrogens with one attached hydrogen (secondary N) is 2. The molecule has 0 aliphatic carbocycles. The molecule has 2 atom stereocenters. The molecule has 1 aromatic carbocycles.